The second kappa shape index (κ2) is 5.84. The van der Waals surface area contributed by atoms with Gasteiger partial charge in [-0.2, -0.15) is 5.48 Å². The van der Waals surface area contributed by atoms with Gasteiger partial charge in [0.1, 0.15) is 11.3 Å². The fourth-order valence-electron chi connectivity index (χ4n) is 1.15. The quantitative estimate of drug-likeness (QED) is 0.508. The number of methoxy groups -OCH3 is 1. The molecule has 1 rings (SSSR count). The lowest BCUT2D eigenvalue weighted by Crippen LogP contribution is -3.00. The minimum absolute atomic E-state index is 0. The van der Waals surface area contributed by atoms with E-state index in [1.54, 1.807) is 45.2 Å². The molecule has 0 heterocycles. The largest absolute Gasteiger partial charge is 1.00 e. The van der Waals surface area contributed by atoms with Gasteiger partial charge >= 0.3 is 0 Å². The van der Waals surface area contributed by atoms with Crippen LogP contribution >= 0.6 is 0 Å². The summed E-state index contributed by atoms with van der Waals surface area (Å²) in [6, 6.07) is 6.75. The van der Waals surface area contributed by atoms with Crippen LogP contribution in [0.4, 0.5) is 0 Å². The van der Waals surface area contributed by atoms with Crippen molar-refractivity contribution in [1.82, 2.24) is 5.48 Å². The summed E-state index contributed by atoms with van der Waals surface area (Å²) >= 11 is 0. The molecule has 0 aliphatic heterocycles. The van der Waals surface area contributed by atoms with Gasteiger partial charge in [0, 0.05) is 5.56 Å². The van der Waals surface area contributed by atoms with Gasteiger partial charge in [0.25, 0.3) is 0 Å². The van der Waals surface area contributed by atoms with Crippen LogP contribution in [0.3, 0.4) is 0 Å². The molecule has 0 amide bonds. The topological polar surface area (TPSA) is 58.6 Å². The maximum absolute atomic E-state index is 11.8. The Morgan fingerprint density at radius 3 is 2.19 bits per heavy atom. The van der Waals surface area contributed by atoms with Gasteiger partial charge in [-0.25, -0.2) is 0 Å². The van der Waals surface area contributed by atoms with Gasteiger partial charge < -0.3 is 22.4 Å². The van der Waals surface area contributed by atoms with Gasteiger partial charge in [0.2, 0.25) is 0 Å². The smallest absolute Gasteiger partial charge is 0.184 e. The fraction of sp³-hybridized carbons (Fsp3) is 0.364. The first-order valence-corrected chi connectivity index (χ1v) is 4.61. The monoisotopic (exact) mass is 244 g/mol. The van der Waals surface area contributed by atoms with Crippen molar-refractivity contribution in [3.8, 4) is 5.75 Å². The number of ketones is 1. The van der Waals surface area contributed by atoms with Crippen LogP contribution in [0.1, 0.15) is 24.2 Å². The summed E-state index contributed by atoms with van der Waals surface area (Å²) in [6.45, 7) is 3.22. The highest BCUT2D eigenvalue weighted by atomic mass is 35.5. The highest BCUT2D eigenvalue weighted by Gasteiger charge is 2.27. The Morgan fingerprint density at radius 1 is 1.31 bits per heavy atom. The third-order valence-corrected chi connectivity index (χ3v) is 2.20. The SMILES string of the molecule is COc1ccc(C(=O)C(C)(C)NO)cc1.[Cl-]. The molecule has 0 atom stereocenters. The van der Waals surface area contributed by atoms with Crippen LogP contribution < -0.4 is 22.6 Å². The first kappa shape index (κ1) is 14.9. The summed E-state index contributed by atoms with van der Waals surface area (Å²) in [4.78, 5) is 11.8. The molecule has 0 spiro atoms. The number of benzene rings is 1. The molecule has 0 aromatic heterocycles. The van der Waals surface area contributed by atoms with Crippen LogP contribution in [-0.2, 0) is 0 Å². The molecule has 4 nitrogen and oxygen atoms in total. The number of ether oxygens (including phenoxy) is 1. The van der Waals surface area contributed by atoms with Gasteiger partial charge in [-0.3, -0.25) is 4.79 Å². The van der Waals surface area contributed by atoms with Crippen LogP contribution in [0.5, 0.6) is 5.75 Å². The molecule has 2 N–H and O–H groups in total. The lowest BCUT2D eigenvalue weighted by atomic mass is 9.94. The standard InChI is InChI=1S/C11H15NO3.ClH/c1-11(2,12-14)10(13)8-4-6-9(15-3)7-5-8;/h4-7,12,14H,1-3H3;1H/p-1. The predicted molar refractivity (Wildman–Crippen MR) is 56.3 cm³/mol. The Bertz CT molecular complexity index is 349. The summed E-state index contributed by atoms with van der Waals surface area (Å²) in [5.41, 5.74) is 1.54. The lowest BCUT2D eigenvalue weighted by molar-refractivity contribution is -0.0000149. The van der Waals surface area contributed by atoms with E-state index in [-0.39, 0.29) is 18.2 Å². The summed E-state index contributed by atoms with van der Waals surface area (Å²) in [7, 11) is 1.57. The Balaban J connectivity index is 0.00000225. The highest BCUT2D eigenvalue weighted by molar-refractivity contribution is 6.02. The van der Waals surface area contributed by atoms with E-state index in [1.165, 1.54) is 0 Å². The zero-order chi connectivity index (χ0) is 11.5. The molecule has 90 valence electrons. The van der Waals surface area contributed by atoms with Gasteiger partial charge in [-0.1, -0.05) is 0 Å². The van der Waals surface area contributed by atoms with Crippen LogP contribution in [0, 0.1) is 0 Å². The molecule has 0 fully saturated rings. The van der Waals surface area contributed by atoms with Crippen molar-refractivity contribution in [3.05, 3.63) is 29.8 Å². The van der Waals surface area contributed by atoms with Crippen molar-refractivity contribution in [2.45, 2.75) is 19.4 Å². The molecule has 1 aromatic carbocycles. The molecule has 0 saturated heterocycles. The van der Waals surface area contributed by atoms with Gasteiger partial charge in [0.05, 0.1) is 7.11 Å². The van der Waals surface area contributed by atoms with E-state index in [4.69, 9.17) is 9.94 Å². The van der Waals surface area contributed by atoms with E-state index in [2.05, 4.69) is 0 Å². The van der Waals surface area contributed by atoms with Crippen molar-refractivity contribution in [3.63, 3.8) is 0 Å². The van der Waals surface area contributed by atoms with Crippen molar-refractivity contribution in [2.75, 3.05) is 7.11 Å². The molecule has 0 aliphatic carbocycles. The van der Waals surface area contributed by atoms with Crippen molar-refractivity contribution >= 4 is 5.78 Å². The molecule has 0 bridgehead atoms. The minimum Gasteiger partial charge on any atom is -1.00 e. The second-order valence-corrected chi connectivity index (χ2v) is 3.79. The van der Waals surface area contributed by atoms with E-state index in [1.807, 2.05) is 5.48 Å². The number of hydrogen-bond acceptors (Lipinski definition) is 4. The number of hydroxylamine groups is 1. The van der Waals surface area contributed by atoms with Gasteiger partial charge in [0.15, 0.2) is 5.78 Å². The third-order valence-electron chi connectivity index (χ3n) is 2.20. The Kier molecular flexibility index (Phi) is 5.44. The summed E-state index contributed by atoms with van der Waals surface area (Å²) in [5, 5.41) is 8.83. The van der Waals surface area contributed by atoms with Crippen LogP contribution in [-0.4, -0.2) is 23.6 Å². The average molecular weight is 245 g/mol. The molecule has 1 aromatic rings. The van der Waals surface area contributed by atoms with Crippen molar-refractivity contribution < 1.29 is 27.1 Å². The van der Waals surface area contributed by atoms with Crippen LogP contribution in [0.25, 0.3) is 0 Å². The Morgan fingerprint density at radius 2 is 1.81 bits per heavy atom. The summed E-state index contributed by atoms with van der Waals surface area (Å²) < 4.78 is 4.98. The molecule has 16 heavy (non-hydrogen) atoms. The van der Waals surface area contributed by atoms with Crippen molar-refractivity contribution in [1.29, 1.82) is 0 Å². The molecule has 0 saturated carbocycles. The second-order valence-electron chi connectivity index (χ2n) is 3.79. The third kappa shape index (κ3) is 3.20. The van der Waals surface area contributed by atoms with Gasteiger partial charge in [-0.15, -0.1) is 0 Å². The first-order chi connectivity index (χ1) is 7.01. The Hall–Kier alpha value is -1.10. The maximum atomic E-state index is 11.8. The van der Waals surface area contributed by atoms with E-state index < -0.39 is 5.54 Å². The normalized spacial score (nSPS) is 10.5. The predicted octanol–water partition coefficient (Wildman–Crippen LogP) is -1.36. The number of rotatable bonds is 4. The van der Waals surface area contributed by atoms with E-state index in [0.717, 1.165) is 0 Å². The number of nitrogens with one attached hydrogen (secondary N) is 1. The van der Waals surface area contributed by atoms with Crippen LogP contribution in [0.15, 0.2) is 24.3 Å². The molecule has 0 radical (unpaired) electrons. The Labute approximate surface area is 101 Å². The van der Waals surface area contributed by atoms with E-state index in [9.17, 15) is 4.79 Å². The zero-order valence-electron chi connectivity index (χ0n) is 9.45. The lowest BCUT2D eigenvalue weighted by Gasteiger charge is -2.20. The number of carbonyl (C=O) groups is 1. The number of carbonyl (C=O) groups excluding carboxylic acids is 1. The maximum Gasteiger partial charge on any atom is 0.184 e. The molecule has 0 aliphatic rings. The number of hydrogen-bond donors (Lipinski definition) is 2. The van der Waals surface area contributed by atoms with Crippen LogP contribution in [0.2, 0.25) is 0 Å². The minimum atomic E-state index is -0.978. The van der Waals surface area contributed by atoms with Crippen molar-refractivity contribution in [2.24, 2.45) is 0 Å². The highest BCUT2D eigenvalue weighted by Crippen LogP contribution is 2.16. The van der Waals surface area contributed by atoms with Gasteiger partial charge in [-0.05, 0) is 38.1 Å². The fourth-order valence-corrected chi connectivity index (χ4v) is 1.15. The summed E-state index contributed by atoms with van der Waals surface area (Å²) in [5.74, 6) is 0.522. The zero-order valence-corrected chi connectivity index (χ0v) is 10.2. The molecular formula is C11H15ClNO3-. The molecular weight excluding hydrogens is 230 g/mol. The molecule has 5 heteroatoms. The average Bonchev–Trinajstić information content (AvgIpc) is 2.28. The number of Topliss-reactive ketones (excluding diaryl/α,β-unsaturated/α-hetero) is 1. The summed E-state index contributed by atoms with van der Waals surface area (Å²) in [6.07, 6.45) is 0. The van der Waals surface area contributed by atoms with E-state index in [0.29, 0.717) is 11.3 Å². The van der Waals surface area contributed by atoms with E-state index >= 15 is 0 Å². The number of halogens is 1. The first-order valence-electron chi connectivity index (χ1n) is 4.61. The molecule has 0 unspecified atom stereocenters.